The lowest BCUT2D eigenvalue weighted by atomic mass is 9.60. The molecule has 0 amide bonds. The second-order valence-electron chi connectivity index (χ2n) is 22.9. The highest BCUT2D eigenvalue weighted by Gasteiger charge is 2.53. The first-order valence-electron chi connectivity index (χ1n) is 25.5. The van der Waals surface area contributed by atoms with Crippen LogP contribution in [0, 0.1) is 23.2 Å². The Morgan fingerprint density at radius 1 is 0.691 bits per heavy atom. The Kier molecular flexibility index (Phi) is 11.7. The Hall–Kier alpha value is -6.12. The topological polar surface area (TPSA) is 6.48 Å². The summed E-state index contributed by atoms with van der Waals surface area (Å²) in [5, 5.41) is 5.09. The van der Waals surface area contributed by atoms with Gasteiger partial charge in [-0.15, -0.1) is 0 Å². The summed E-state index contributed by atoms with van der Waals surface area (Å²) >= 11 is 0. The summed E-state index contributed by atoms with van der Waals surface area (Å²) in [7, 11) is 0. The molecule has 0 N–H and O–H groups in total. The molecule has 0 aromatic heterocycles. The zero-order valence-electron chi connectivity index (χ0n) is 42.4. The van der Waals surface area contributed by atoms with Gasteiger partial charge < -0.3 is 9.80 Å². The van der Waals surface area contributed by atoms with Crippen molar-refractivity contribution < 1.29 is 0 Å². The van der Waals surface area contributed by atoms with E-state index >= 15 is 0 Å². The maximum absolute atomic E-state index is 4.13. The largest absolute Gasteiger partial charge is 0.364 e. The van der Waals surface area contributed by atoms with E-state index < -0.39 is 0 Å². The SMILES string of the molecule is C=C/C=C(\CCN(c1ccc2ccccc2c1)C1C=CC2=C(C1)C(C(C)C)(C(C)C)c1cc(N(c3ccc(C(C)(C)C)cc3)c3ccc4ccccc4c3)c3c(c12)CC1C=CC=CC31)C(C)(C)C. The minimum Gasteiger partial charge on any atom is -0.364 e. The van der Waals surface area contributed by atoms with Crippen molar-refractivity contribution in [3.63, 3.8) is 0 Å². The molecule has 2 nitrogen and oxygen atoms in total. The summed E-state index contributed by atoms with van der Waals surface area (Å²) in [6.07, 6.45) is 22.0. The standard InChI is InChI=1S/C66H72N2/c1-12-19-50(64(6,7)8)36-37-67(53-30-26-45-20-13-15-22-47(45)38-53)54-34-35-57-59(41-54)66(43(2)3,44(4)5)60-42-61(63-56-25-18-17-24-49(56)40-58(63)62(57)60)68(52-32-28-51(29-33-52)65(9,10)11)55-31-27-46-21-14-16-23-48(46)39-55/h12-35,38-39,42-44,49,54,56H,1,36-37,40-41H2,2-11H3/b50-19+. The Labute approximate surface area is 408 Å². The Bertz CT molecular complexity index is 3070. The van der Waals surface area contributed by atoms with E-state index in [1.807, 2.05) is 6.08 Å². The van der Waals surface area contributed by atoms with Crippen molar-refractivity contribution in [2.75, 3.05) is 16.3 Å². The van der Waals surface area contributed by atoms with Crippen LogP contribution in [-0.2, 0) is 17.3 Å². The number of allylic oxidation sites excluding steroid dienone is 8. The predicted octanol–water partition coefficient (Wildman–Crippen LogP) is 17.8. The molecule has 0 radical (unpaired) electrons. The van der Waals surface area contributed by atoms with E-state index in [2.05, 4.69) is 243 Å². The number of fused-ring (bicyclic) bond motifs is 8. The fourth-order valence-electron chi connectivity index (χ4n) is 13.0. The lowest BCUT2D eigenvalue weighted by Crippen LogP contribution is -2.43. The van der Waals surface area contributed by atoms with Gasteiger partial charge in [-0.2, -0.15) is 0 Å². The van der Waals surface area contributed by atoms with Gasteiger partial charge in [0.2, 0.25) is 0 Å². The van der Waals surface area contributed by atoms with Gasteiger partial charge in [0.1, 0.15) is 0 Å². The molecule has 4 aliphatic carbocycles. The van der Waals surface area contributed by atoms with Crippen LogP contribution in [0.3, 0.4) is 0 Å². The monoisotopic (exact) mass is 893 g/mol. The minimum atomic E-state index is -0.170. The fraction of sp³-hybridized carbons (Fsp3) is 0.333. The van der Waals surface area contributed by atoms with E-state index in [0.717, 1.165) is 25.8 Å². The smallest absolute Gasteiger partial charge is 0.0514 e. The van der Waals surface area contributed by atoms with Gasteiger partial charge in [-0.1, -0.05) is 203 Å². The molecular formula is C66H72N2. The first-order chi connectivity index (χ1) is 32.6. The van der Waals surface area contributed by atoms with Crippen molar-refractivity contribution in [2.45, 2.75) is 111 Å². The van der Waals surface area contributed by atoms with Crippen molar-refractivity contribution in [2.24, 2.45) is 23.2 Å². The van der Waals surface area contributed by atoms with Crippen LogP contribution < -0.4 is 9.80 Å². The third-order valence-electron chi connectivity index (χ3n) is 16.3. The zero-order chi connectivity index (χ0) is 47.7. The van der Waals surface area contributed by atoms with E-state index in [4.69, 9.17) is 0 Å². The quantitative estimate of drug-likeness (QED) is 0.120. The van der Waals surface area contributed by atoms with E-state index in [0.29, 0.717) is 23.7 Å². The molecular weight excluding hydrogens is 821 g/mol. The summed E-state index contributed by atoms with van der Waals surface area (Å²) in [6.45, 7) is 29.1. The molecule has 2 heteroatoms. The van der Waals surface area contributed by atoms with Gasteiger partial charge in [-0.3, -0.25) is 0 Å². The number of nitrogens with zero attached hydrogens (tertiary/aromatic N) is 2. The average Bonchev–Trinajstić information content (AvgIpc) is 3.85. The van der Waals surface area contributed by atoms with Crippen molar-refractivity contribution in [1.82, 2.24) is 0 Å². The maximum atomic E-state index is 4.13. The fourth-order valence-corrected chi connectivity index (χ4v) is 13.0. The first-order valence-corrected chi connectivity index (χ1v) is 25.5. The Morgan fingerprint density at radius 3 is 1.91 bits per heavy atom. The highest BCUT2D eigenvalue weighted by atomic mass is 15.2. The van der Waals surface area contributed by atoms with Crippen LogP contribution in [0.1, 0.15) is 116 Å². The van der Waals surface area contributed by atoms with Crippen molar-refractivity contribution in [3.05, 3.63) is 209 Å². The third-order valence-corrected chi connectivity index (χ3v) is 16.3. The zero-order valence-corrected chi connectivity index (χ0v) is 42.4. The molecule has 3 atom stereocenters. The lowest BCUT2D eigenvalue weighted by Gasteiger charge is -2.45. The highest BCUT2D eigenvalue weighted by molar-refractivity contribution is 5.96. The average molecular weight is 893 g/mol. The summed E-state index contributed by atoms with van der Waals surface area (Å²) < 4.78 is 0. The Balaban J connectivity index is 1.17. The normalized spacial score (nSPS) is 19.5. The lowest BCUT2D eigenvalue weighted by molar-refractivity contribution is 0.263. The molecule has 6 aromatic carbocycles. The summed E-state index contributed by atoms with van der Waals surface area (Å²) in [6, 6.07) is 44.2. The van der Waals surface area contributed by atoms with Crippen molar-refractivity contribution >= 4 is 49.9 Å². The van der Waals surface area contributed by atoms with Gasteiger partial charge in [-0.05, 0) is 151 Å². The van der Waals surface area contributed by atoms with Crippen LogP contribution in [0.2, 0.25) is 0 Å². The van der Waals surface area contributed by atoms with Gasteiger partial charge in [0.05, 0.1) is 11.7 Å². The van der Waals surface area contributed by atoms with E-state index in [1.165, 1.54) is 77.7 Å². The molecule has 346 valence electrons. The van der Waals surface area contributed by atoms with E-state index in [1.54, 1.807) is 11.1 Å². The minimum absolute atomic E-state index is 0.0495. The molecule has 0 spiro atoms. The predicted molar refractivity (Wildman–Crippen MR) is 295 cm³/mol. The van der Waals surface area contributed by atoms with Gasteiger partial charge in [0.15, 0.2) is 0 Å². The molecule has 0 fully saturated rings. The van der Waals surface area contributed by atoms with Crippen LogP contribution in [0.15, 0.2) is 182 Å². The second-order valence-corrected chi connectivity index (χ2v) is 22.9. The molecule has 0 bridgehead atoms. The molecule has 4 aliphatic rings. The summed E-state index contributed by atoms with van der Waals surface area (Å²) in [5.74, 6) is 1.46. The molecule has 0 saturated heterocycles. The number of anilines is 4. The van der Waals surface area contributed by atoms with Crippen LogP contribution in [0.4, 0.5) is 22.7 Å². The van der Waals surface area contributed by atoms with Gasteiger partial charge in [0.25, 0.3) is 0 Å². The summed E-state index contributed by atoms with van der Waals surface area (Å²) in [4.78, 5) is 5.35. The third kappa shape index (κ3) is 7.73. The second kappa shape index (κ2) is 17.4. The molecule has 10 rings (SSSR count). The van der Waals surface area contributed by atoms with E-state index in [-0.39, 0.29) is 22.3 Å². The molecule has 68 heavy (non-hydrogen) atoms. The molecule has 0 aliphatic heterocycles. The highest BCUT2D eigenvalue weighted by Crippen LogP contribution is 2.63. The number of rotatable bonds is 11. The first kappa shape index (κ1) is 45.7. The molecule has 3 unspecified atom stereocenters. The number of benzene rings is 6. The van der Waals surface area contributed by atoms with Gasteiger partial charge in [-0.25, -0.2) is 0 Å². The van der Waals surface area contributed by atoms with Gasteiger partial charge in [0, 0.05) is 34.9 Å². The van der Waals surface area contributed by atoms with Crippen LogP contribution in [-0.4, -0.2) is 12.6 Å². The number of hydrogen-bond acceptors (Lipinski definition) is 2. The van der Waals surface area contributed by atoms with Crippen LogP contribution in [0.5, 0.6) is 0 Å². The molecule has 6 aromatic rings. The van der Waals surface area contributed by atoms with Crippen LogP contribution in [0.25, 0.3) is 27.1 Å². The Morgan fingerprint density at radius 2 is 1.29 bits per heavy atom. The van der Waals surface area contributed by atoms with Crippen LogP contribution >= 0.6 is 0 Å². The van der Waals surface area contributed by atoms with Crippen molar-refractivity contribution in [3.8, 4) is 0 Å². The maximum Gasteiger partial charge on any atom is 0.0514 e. The van der Waals surface area contributed by atoms with E-state index in [9.17, 15) is 0 Å². The number of hydrogen-bond donors (Lipinski definition) is 0. The van der Waals surface area contributed by atoms with Gasteiger partial charge >= 0.3 is 0 Å². The molecule has 0 heterocycles. The van der Waals surface area contributed by atoms with Crippen molar-refractivity contribution in [1.29, 1.82) is 0 Å². The summed E-state index contributed by atoms with van der Waals surface area (Å²) in [5.41, 5.74) is 16.9. The molecule has 0 saturated carbocycles.